The number of ether oxygens (including phenoxy) is 1. The van der Waals surface area contributed by atoms with Gasteiger partial charge in [-0.2, -0.15) is 0 Å². The number of nitrogens with one attached hydrogen (secondary N) is 1. The Balaban J connectivity index is 1.75. The van der Waals surface area contributed by atoms with Crippen LogP contribution in [-0.2, 0) is 11.2 Å². The number of hydrogen-bond donors (Lipinski definition) is 2. The molecule has 1 fully saturated rings. The van der Waals surface area contributed by atoms with E-state index in [1.807, 2.05) is 31.2 Å². The van der Waals surface area contributed by atoms with Crippen LogP contribution in [0.15, 0.2) is 24.3 Å². The summed E-state index contributed by atoms with van der Waals surface area (Å²) in [5, 5.41) is 3.14. The van der Waals surface area contributed by atoms with Gasteiger partial charge >= 0.3 is 0 Å². The number of rotatable bonds is 7. The molecule has 1 aliphatic carbocycles. The summed E-state index contributed by atoms with van der Waals surface area (Å²) in [7, 11) is 0. The van der Waals surface area contributed by atoms with E-state index < -0.39 is 0 Å². The second-order valence-electron chi connectivity index (χ2n) is 5.68. The van der Waals surface area contributed by atoms with E-state index in [2.05, 4.69) is 5.32 Å². The fourth-order valence-electron chi connectivity index (χ4n) is 2.96. The second-order valence-corrected chi connectivity index (χ2v) is 5.68. The van der Waals surface area contributed by atoms with E-state index in [0.717, 1.165) is 30.6 Å². The second kappa shape index (κ2) is 8.03. The predicted molar refractivity (Wildman–Crippen MR) is 84.3 cm³/mol. The fraction of sp³-hybridized carbons (Fsp3) is 0.588. The first-order valence-corrected chi connectivity index (χ1v) is 7.94. The molecule has 1 aromatic carbocycles. The van der Waals surface area contributed by atoms with E-state index in [-0.39, 0.29) is 11.9 Å². The number of carbonyl (C=O) groups is 1. The Kier molecular flexibility index (Phi) is 6.05. The van der Waals surface area contributed by atoms with E-state index in [9.17, 15) is 4.79 Å². The van der Waals surface area contributed by atoms with Gasteiger partial charge in [-0.05, 0) is 56.3 Å². The summed E-state index contributed by atoms with van der Waals surface area (Å²) < 4.78 is 5.41. The van der Waals surface area contributed by atoms with Crippen LogP contribution in [0, 0.1) is 5.92 Å². The highest BCUT2D eigenvalue weighted by molar-refractivity contribution is 5.76. The predicted octanol–water partition coefficient (Wildman–Crippen LogP) is 2.26. The van der Waals surface area contributed by atoms with Crippen LogP contribution >= 0.6 is 0 Å². The van der Waals surface area contributed by atoms with Crippen molar-refractivity contribution in [1.29, 1.82) is 0 Å². The van der Waals surface area contributed by atoms with Crippen molar-refractivity contribution in [3.05, 3.63) is 29.8 Å². The molecule has 0 radical (unpaired) electrons. The summed E-state index contributed by atoms with van der Waals surface area (Å²) in [6.07, 6.45) is 4.67. The molecule has 4 heteroatoms. The van der Waals surface area contributed by atoms with Gasteiger partial charge in [0.1, 0.15) is 5.75 Å². The van der Waals surface area contributed by atoms with Gasteiger partial charge in [-0.15, -0.1) is 0 Å². The van der Waals surface area contributed by atoms with E-state index in [0.29, 0.717) is 25.5 Å². The van der Waals surface area contributed by atoms with Gasteiger partial charge in [0.25, 0.3) is 0 Å². The fourth-order valence-corrected chi connectivity index (χ4v) is 2.96. The van der Waals surface area contributed by atoms with Gasteiger partial charge in [-0.1, -0.05) is 18.6 Å². The maximum atomic E-state index is 12.0. The Hall–Kier alpha value is -1.55. The van der Waals surface area contributed by atoms with Crippen molar-refractivity contribution < 1.29 is 9.53 Å². The molecule has 21 heavy (non-hydrogen) atoms. The van der Waals surface area contributed by atoms with E-state index in [4.69, 9.17) is 10.5 Å². The Labute approximate surface area is 127 Å². The van der Waals surface area contributed by atoms with Crippen LogP contribution < -0.4 is 15.8 Å². The molecule has 1 aliphatic rings. The number of aryl methyl sites for hydroxylation is 1. The third kappa shape index (κ3) is 4.74. The van der Waals surface area contributed by atoms with E-state index in [1.54, 1.807) is 0 Å². The molecule has 0 spiro atoms. The highest BCUT2D eigenvalue weighted by Gasteiger charge is 2.26. The van der Waals surface area contributed by atoms with Crippen LogP contribution in [0.5, 0.6) is 5.75 Å². The highest BCUT2D eigenvalue weighted by atomic mass is 16.5. The topological polar surface area (TPSA) is 64.3 Å². The zero-order valence-electron chi connectivity index (χ0n) is 12.8. The number of benzene rings is 1. The molecule has 0 heterocycles. The standard InChI is InChI=1S/C17H26N2O2/c1-2-21-15-9-6-13(7-10-15)8-11-17(20)19-16-5-3-4-14(16)12-18/h6-7,9-10,14,16H,2-5,8,11-12,18H2,1H3,(H,19,20). The Bertz CT molecular complexity index is 445. The maximum absolute atomic E-state index is 12.0. The molecule has 1 saturated carbocycles. The quantitative estimate of drug-likeness (QED) is 0.809. The first-order valence-electron chi connectivity index (χ1n) is 7.94. The lowest BCUT2D eigenvalue weighted by Crippen LogP contribution is -2.39. The molecule has 4 nitrogen and oxygen atoms in total. The van der Waals surface area contributed by atoms with Crippen molar-refractivity contribution in [3.63, 3.8) is 0 Å². The molecule has 0 saturated heterocycles. The minimum atomic E-state index is 0.134. The number of amides is 1. The van der Waals surface area contributed by atoms with Crippen molar-refractivity contribution >= 4 is 5.91 Å². The van der Waals surface area contributed by atoms with E-state index >= 15 is 0 Å². The van der Waals surface area contributed by atoms with Gasteiger partial charge in [0, 0.05) is 12.5 Å². The normalized spacial score (nSPS) is 21.2. The summed E-state index contributed by atoms with van der Waals surface area (Å²) in [5.41, 5.74) is 6.90. The van der Waals surface area contributed by atoms with Gasteiger partial charge in [0.2, 0.25) is 5.91 Å². The van der Waals surface area contributed by atoms with Gasteiger partial charge in [-0.25, -0.2) is 0 Å². The van der Waals surface area contributed by atoms with Crippen LogP contribution in [0.3, 0.4) is 0 Å². The van der Waals surface area contributed by atoms with Crippen LogP contribution in [0.4, 0.5) is 0 Å². The zero-order valence-corrected chi connectivity index (χ0v) is 12.8. The van der Waals surface area contributed by atoms with Crippen molar-refractivity contribution in [2.45, 2.75) is 45.1 Å². The summed E-state index contributed by atoms with van der Waals surface area (Å²) >= 11 is 0. The van der Waals surface area contributed by atoms with Crippen molar-refractivity contribution in [1.82, 2.24) is 5.32 Å². The average molecular weight is 290 g/mol. The highest BCUT2D eigenvalue weighted by Crippen LogP contribution is 2.24. The lowest BCUT2D eigenvalue weighted by atomic mass is 10.0. The van der Waals surface area contributed by atoms with Gasteiger partial charge < -0.3 is 15.8 Å². The molecule has 2 rings (SSSR count). The van der Waals surface area contributed by atoms with Crippen LogP contribution in [0.1, 0.15) is 38.2 Å². The number of carbonyl (C=O) groups excluding carboxylic acids is 1. The smallest absolute Gasteiger partial charge is 0.220 e. The molecular weight excluding hydrogens is 264 g/mol. The number of nitrogens with two attached hydrogens (primary N) is 1. The minimum absolute atomic E-state index is 0.134. The average Bonchev–Trinajstić information content (AvgIpc) is 2.94. The first kappa shape index (κ1) is 15.8. The molecule has 2 unspecified atom stereocenters. The van der Waals surface area contributed by atoms with Crippen LogP contribution in [0.25, 0.3) is 0 Å². The summed E-state index contributed by atoms with van der Waals surface area (Å²) in [6.45, 7) is 3.31. The Morgan fingerprint density at radius 2 is 2.10 bits per heavy atom. The molecule has 116 valence electrons. The maximum Gasteiger partial charge on any atom is 0.220 e. The van der Waals surface area contributed by atoms with Crippen LogP contribution in [-0.4, -0.2) is 25.1 Å². The van der Waals surface area contributed by atoms with Crippen molar-refractivity contribution in [3.8, 4) is 5.75 Å². The molecule has 3 N–H and O–H groups in total. The molecule has 1 amide bonds. The largest absolute Gasteiger partial charge is 0.494 e. The SMILES string of the molecule is CCOc1ccc(CCC(=O)NC2CCCC2CN)cc1. The third-order valence-electron chi connectivity index (χ3n) is 4.18. The van der Waals surface area contributed by atoms with Crippen molar-refractivity contribution in [2.24, 2.45) is 11.7 Å². The van der Waals surface area contributed by atoms with Gasteiger partial charge in [0.15, 0.2) is 0 Å². The Morgan fingerprint density at radius 1 is 1.33 bits per heavy atom. The third-order valence-corrected chi connectivity index (χ3v) is 4.18. The molecule has 1 aromatic rings. The first-order chi connectivity index (χ1) is 10.2. The monoisotopic (exact) mass is 290 g/mol. The molecule has 0 bridgehead atoms. The van der Waals surface area contributed by atoms with Crippen molar-refractivity contribution in [2.75, 3.05) is 13.2 Å². The molecule has 0 aromatic heterocycles. The van der Waals surface area contributed by atoms with Gasteiger partial charge in [0.05, 0.1) is 6.61 Å². The summed E-state index contributed by atoms with van der Waals surface area (Å²) in [5.74, 6) is 1.47. The summed E-state index contributed by atoms with van der Waals surface area (Å²) in [6, 6.07) is 8.24. The van der Waals surface area contributed by atoms with E-state index in [1.165, 1.54) is 6.42 Å². The lowest BCUT2D eigenvalue weighted by Gasteiger charge is -2.19. The summed E-state index contributed by atoms with van der Waals surface area (Å²) in [4.78, 5) is 12.0. The molecule has 0 aliphatic heterocycles. The van der Waals surface area contributed by atoms with Gasteiger partial charge in [-0.3, -0.25) is 4.79 Å². The number of hydrogen-bond acceptors (Lipinski definition) is 3. The molecule has 2 atom stereocenters. The lowest BCUT2D eigenvalue weighted by molar-refractivity contribution is -0.122. The minimum Gasteiger partial charge on any atom is -0.494 e. The molecular formula is C17H26N2O2. The zero-order chi connectivity index (χ0) is 15.1. The van der Waals surface area contributed by atoms with Crippen LogP contribution in [0.2, 0.25) is 0 Å². The Morgan fingerprint density at radius 3 is 2.76 bits per heavy atom.